The summed E-state index contributed by atoms with van der Waals surface area (Å²) in [6.45, 7) is 2.09. The average molecular weight is 284 g/mol. The number of carbonyl (C=O) groups excluding carboxylic acids is 1. The van der Waals surface area contributed by atoms with Gasteiger partial charge < -0.3 is 14.8 Å². The van der Waals surface area contributed by atoms with E-state index in [9.17, 15) is 4.79 Å². The normalized spacial score (nSPS) is 17.9. The van der Waals surface area contributed by atoms with Gasteiger partial charge in [0.15, 0.2) is 11.5 Å². The zero-order chi connectivity index (χ0) is 14.7. The van der Waals surface area contributed by atoms with Gasteiger partial charge in [-0.2, -0.15) is 0 Å². The SMILES string of the molecule is CC(NC(=O)C1COc2ccccc2O1)c1ccccn1. The van der Waals surface area contributed by atoms with Gasteiger partial charge in [-0.25, -0.2) is 0 Å². The first-order valence-corrected chi connectivity index (χ1v) is 6.84. The van der Waals surface area contributed by atoms with Crippen LogP contribution in [0, 0.1) is 0 Å². The van der Waals surface area contributed by atoms with Crippen molar-refractivity contribution in [3.8, 4) is 11.5 Å². The number of ether oxygens (including phenoxy) is 2. The van der Waals surface area contributed by atoms with E-state index >= 15 is 0 Å². The number of carbonyl (C=O) groups is 1. The minimum Gasteiger partial charge on any atom is -0.485 e. The maximum absolute atomic E-state index is 12.2. The van der Waals surface area contributed by atoms with Crippen LogP contribution in [0.5, 0.6) is 11.5 Å². The number of amides is 1. The van der Waals surface area contributed by atoms with Gasteiger partial charge in [-0.1, -0.05) is 18.2 Å². The summed E-state index contributed by atoms with van der Waals surface area (Å²) in [7, 11) is 0. The van der Waals surface area contributed by atoms with Crippen LogP contribution >= 0.6 is 0 Å². The summed E-state index contributed by atoms with van der Waals surface area (Å²) in [4.78, 5) is 16.5. The molecule has 1 N–H and O–H groups in total. The third-order valence-corrected chi connectivity index (χ3v) is 3.29. The first-order valence-electron chi connectivity index (χ1n) is 6.84. The zero-order valence-corrected chi connectivity index (χ0v) is 11.7. The van der Waals surface area contributed by atoms with Crippen LogP contribution in [-0.2, 0) is 4.79 Å². The summed E-state index contributed by atoms with van der Waals surface area (Å²) in [5.74, 6) is 1.05. The Bertz CT molecular complexity index is 630. The molecule has 1 aliphatic heterocycles. The van der Waals surface area contributed by atoms with Crippen molar-refractivity contribution in [2.75, 3.05) is 6.61 Å². The van der Waals surface area contributed by atoms with Crippen molar-refractivity contribution in [2.24, 2.45) is 0 Å². The molecule has 1 aliphatic rings. The molecule has 21 heavy (non-hydrogen) atoms. The quantitative estimate of drug-likeness (QED) is 0.937. The molecular formula is C16H16N2O3. The molecule has 1 amide bonds. The Morgan fingerprint density at radius 1 is 1.24 bits per heavy atom. The largest absolute Gasteiger partial charge is 0.485 e. The smallest absolute Gasteiger partial charge is 0.265 e. The van der Waals surface area contributed by atoms with Crippen molar-refractivity contribution in [3.05, 3.63) is 54.4 Å². The minimum absolute atomic E-state index is 0.181. The molecule has 0 bridgehead atoms. The lowest BCUT2D eigenvalue weighted by Crippen LogP contribution is -2.44. The van der Waals surface area contributed by atoms with Crippen LogP contribution in [0.4, 0.5) is 0 Å². The molecule has 0 saturated heterocycles. The molecule has 0 aliphatic carbocycles. The van der Waals surface area contributed by atoms with Crippen molar-refractivity contribution in [2.45, 2.75) is 19.1 Å². The minimum atomic E-state index is -0.647. The van der Waals surface area contributed by atoms with Crippen LogP contribution in [-0.4, -0.2) is 23.6 Å². The highest BCUT2D eigenvalue weighted by Crippen LogP contribution is 2.30. The first kappa shape index (κ1) is 13.4. The first-order chi connectivity index (χ1) is 10.2. The van der Waals surface area contributed by atoms with Crippen LogP contribution in [0.1, 0.15) is 18.7 Å². The van der Waals surface area contributed by atoms with Gasteiger partial charge in [0.05, 0.1) is 11.7 Å². The molecule has 1 aromatic carbocycles. The highest BCUT2D eigenvalue weighted by Gasteiger charge is 2.28. The molecule has 3 rings (SSSR count). The molecule has 5 heteroatoms. The van der Waals surface area contributed by atoms with Crippen molar-refractivity contribution >= 4 is 5.91 Å². The Hall–Kier alpha value is -2.56. The molecule has 0 saturated carbocycles. The van der Waals surface area contributed by atoms with Gasteiger partial charge in [-0.15, -0.1) is 0 Å². The molecule has 2 heterocycles. The van der Waals surface area contributed by atoms with E-state index in [1.807, 2.05) is 43.3 Å². The van der Waals surface area contributed by atoms with E-state index in [2.05, 4.69) is 10.3 Å². The summed E-state index contributed by atoms with van der Waals surface area (Å²) < 4.78 is 11.2. The van der Waals surface area contributed by atoms with E-state index in [0.717, 1.165) is 5.69 Å². The molecule has 2 aromatic rings. The lowest BCUT2D eigenvalue weighted by Gasteiger charge is -2.26. The second-order valence-corrected chi connectivity index (χ2v) is 4.85. The molecule has 2 unspecified atom stereocenters. The number of pyridine rings is 1. The van der Waals surface area contributed by atoms with Crippen molar-refractivity contribution in [3.63, 3.8) is 0 Å². The fourth-order valence-corrected chi connectivity index (χ4v) is 2.16. The maximum atomic E-state index is 12.2. The van der Waals surface area contributed by atoms with Gasteiger partial charge in [-0.05, 0) is 31.2 Å². The number of hydrogen-bond donors (Lipinski definition) is 1. The predicted octanol–water partition coefficient (Wildman–Crippen LogP) is 2.10. The summed E-state index contributed by atoms with van der Waals surface area (Å²) in [5, 5.41) is 2.89. The molecule has 2 atom stereocenters. The van der Waals surface area contributed by atoms with E-state index in [0.29, 0.717) is 11.5 Å². The number of benzene rings is 1. The number of para-hydroxylation sites is 2. The van der Waals surface area contributed by atoms with Gasteiger partial charge in [0.2, 0.25) is 6.10 Å². The third-order valence-electron chi connectivity index (χ3n) is 3.29. The van der Waals surface area contributed by atoms with Crippen molar-refractivity contribution < 1.29 is 14.3 Å². The molecule has 0 spiro atoms. The number of nitrogens with one attached hydrogen (secondary N) is 1. The molecule has 108 valence electrons. The number of nitrogens with zero attached hydrogens (tertiary/aromatic N) is 1. The second-order valence-electron chi connectivity index (χ2n) is 4.85. The Balaban J connectivity index is 1.65. The molecule has 1 aromatic heterocycles. The molecule has 5 nitrogen and oxygen atoms in total. The monoisotopic (exact) mass is 284 g/mol. The Kier molecular flexibility index (Phi) is 3.73. The lowest BCUT2D eigenvalue weighted by molar-refractivity contribution is -0.131. The van der Waals surface area contributed by atoms with Crippen LogP contribution < -0.4 is 14.8 Å². The van der Waals surface area contributed by atoms with Crippen molar-refractivity contribution in [1.82, 2.24) is 10.3 Å². The number of hydrogen-bond acceptors (Lipinski definition) is 4. The van der Waals surface area contributed by atoms with Crippen LogP contribution in [0.15, 0.2) is 48.7 Å². The predicted molar refractivity (Wildman–Crippen MR) is 77.1 cm³/mol. The fraction of sp³-hybridized carbons (Fsp3) is 0.250. The topological polar surface area (TPSA) is 60.5 Å². The highest BCUT2D eigenvalue weighted by molar-refractivity contribution is 5.82. The van der Waals surface area contributed by atoms with E-state index in [-0.39, 0.29) is 18.6 Å². The molecule has 0 fully saturated rings. The maximum Gasteiger partial charge on any atom is 0.265 e. The number of aromatic nitrogens is 1. The summed E-state index contributed by atoms with van der Waals surface area (Å²) in [6, 6.07) is 12.7. The van der Waals surface area contributed by atoms with Gasteiger partial charge in [0.1, 0.15) is 6.61 Å². The zero-order valence-electron chi connectivity index (χ0n) is 11.7. The van der Waals surface area contributed by atoms with E-state index in [1.165, 1.54) is 0 Å². The van der Waals surface area contributed by atoms with Crippen LogP contribution in [0.3, 0.4) is 0 Å². The Morgan fingerprint density at radius 2 is 2.00 bits per heavy atom. The molecular weight excluding hydrogens is 268 g/mol. The van der Waals surface area contributed by atoms with Crippen LogP contribution in [0.25, 0.3) is 0 Å². The van der Waals surface area contributed by atoms with Gasteiger partial charge in [-0.3, -0.25) is 9.78 Å². The Labute approximate surface area is 122 Å². The number of fused-ring (bicyclic) bond motifs is 1. The summed E-state index contributed by atoms with van der Waals surface area (Å²) in [6.07, 6.45) is 1.06. The Morgan fingerprint density at radius 3 is 2.76 bits per heavy atom. The number of rotatable bonds is 3. The average Bonchev–Trinajstić information content (AvgIpc) is 2.55. The second kappa shape index (κ2) is 5.83. The van der Waals surface area contributed by atoms with Gasteiger partial charge in [0.25, 0.3) is 5.91 Å². The van der Waals surface area contributed by atoms with E-state index in [1.54, 1.807) is 12.3 Å². The van der Waals surface area contributed by atoms with Crippen molar-refractivity contribution in [1.29, 1.82) is 0 Å². The van der Waals surface area contributed by atoms with E-state index in [4.69, 9.17) is 9.47 Å². The van der Waals surface area contributed by atoms with Crippen LogP contribution in [0.2, 0.25) is 0 Å². The summed E-state index contributed by atoms with van der Waals surface area (Å²) >= 11 is 0. The van der Waals surface area contributed by atoms with Gasteiger partial charge >= 0.3 is 0 Å². The highest BCUT2D eigenvalue weighted by atomic mass is 16.6. The van der Waals surface area contributed by atoms with E-state index < -0.39 is 6.10 Å². The third kappa shape index (κ3) is 2.97. The summed E-state index contributed by atoms with van der Waals surface area (Å²) in [5.41, 5.74) is 0.808. The van der Waals surface area contributed by atoms with Gasteiger partial charge in [0, 0.05) is 6.20 Å². The fourth-order valence-electron chi connectivity index (χ4n) is 2.16. The molecule has 0 radical (unpaired) electrons. The standard InChI is InChI=1S/C16H16N2O3/c1-11(12-6-4-5-9-17-12)18-16(19)15-10-20-13-7-2-3-8-14(13)21-15/h2-9,11,15H,10H2,1H3,(H,18,19). The lowest BCUT2D eigenvalue weighted by atomic mass is 10.2.